The molecule has 1 aromatic heterocycles. The van der Waals surface area contributed by atoms with Crippen LogP contribution in [0.15, 0.2) is 97.2 Å². The number of hydrogen-bond donors (Lipinski definition) is 2. The fourth-order valence-electron chi connectivity index (χ4n) is 9.92. The highest BCUT2D eigenvalue weighted by Gasteiger charge is 2.66. The summed E-state index contributed by atoms with van der Waals surface area (Å²) in [6.45, 7) is 6.51. The van der Waals surface area contributed by atoms with E-state index in [-0.39, 0.29) is 36.4 Å². The zero-order chi connectivity index (χ0) is 40.3. The van der Waals surface area contributed by atoms with Gasteiger partial charge >= 0.3 is 0 Å². The van der Waals surface area contributed by atoms with Crippen molar-refractivity contribution in [2.45, 2.75) is 88.9 Å². The van der Waals surface area contributed by atoms with Gasteiger partial charge < -0.3 is 19.5 Å². The number of aryl methyl sites for hydroxylation is 3. The van der Waals surface area contributed by atoms with Gasteiger partial charge in [0.15, 0.2) is 13.9 Å². The molecular weight excluding hydrogens is 749 g/mol. The largest absolute Gasteiger partial charge is 0.432 e. The van der Waals surface area contributed by atoms with Gasteiger partial charge in [-0.2, -0.15) is 0 Å². The van der Waals surface area contributed by atoms with Crippen LogP contribution in [0.5, 0.6) is 0 Å². The number of nitrogens with zero attached hydrogens (tertiary/aromatic N) is 6. The van der Waals surface area contributed by atoms with Crippen LogP contribution in [0.4, 0.5) is 28.4 Å². The molecule has 0 aliphatic carbocycles. The molecule has 4 aromatic carbocycles. The van der Waals surface area contributed by atoms with E-state index < -0.39 is 25.9 Å². The lowest BCUT2D eigenvalue weighted by Gasteiger charge is -2.33. The maximum Gasteiger partial charge on any atom is 0.264 e. The molecule has 1 saturated heterocycles. The summed E-state index contributed by atoms with van der Waals surface area (Å²) >= 11 is 0. The van der Waals surface area contributed by atoms with E-state index in [0.717, 1.165) is 33.8 Å². The van der Waals surface area contributed by atoms with Gasteiger partial charge in [0.25, 0.3) is 5.91 Å². The fourth-order valence-corrected chi connectivity index (χ4v) is 12.5. The third kappa shape index (κ3) is 6.37. The Balaban J connectivity index is 1.10. The molecule has 1 spiro atoms. The third-order valence-corrected chi connectivity index (χ3v) is 15.0. The molecule has 9 rings (SSSR count). The highest BCUT2D eigenvalue weighted by Crippen LogP contribution is 2.60. The molecule has 2 N–H and O–H groups in total. The number of benzene rings is 4. The number of para-hydroxylation sites is 2. The number of aliphatic hydroxyl groups excluding tert-OH is 1. The van der Waals surface area contributed by atoms with Crippen molar-refractivity contribution < 1.29 is 29.0 Å². The first-order valence-electron chi connectivity index (χ1n) is 20.2. The average molecular weight is 797 g/mol. The van der Waals surface area contributed by atoms with Crippen molar-refractivity contribution in [3.05, 3.63) is 125 Å². The molecule has 0 saturated carbocycles. The quantitative estimate of drug-likeness (QED) is 0.153. The number of amides is 3. The van der Waals surface area contributed by atoms with Crippen LogP contribution >= 0.6 is 0 Å². The van der Waals surface area contributed by atoms with Gasteiger partial charge in [0, 0.05) is 67.0 Å². The highest BCUT2D eigenvalue weighted by molar-refractivity contribution is 6.71. The predicted octanol–water partition coefficient (Wildman–Crippen LogP) is 6.47. The summed E-state index contributed by atoms with van der Waals surface area (Å²) in [6.07, 6.45) is 4.41. The summed E-state index contributed by atoms with van der Waals surface area (Å²) in [4.78, 5) is 59.4. The summed E-state index contributed by atoms with van der Waals surface area (Å²) in [5, 5.41) is 17.8. The lowest BCUT2D eigenvalue weighted by molar-refractivity contribution is -0.146. The molecule has 0 unspecified atom stereocenters. The van der Waals surface area contributed by atoms with Crippen molar-refractivity contribution in [3.8, 4) is 0 Å². The predicted molar refractivity (Wildman–Crippen MR) is 222 cm³/mol. The van der Waals surface area contributed by atoms with E-state index in [9.17, 15) is 19.5 Å². The molecule has 3 amide bonds. The lowest BCUT2D eigenvalue weighted by atomic mass is 9.82. The van der Waals surface area contributed by atoms with E-state index in [0.29, 0.717) is 67.7 Å². The first kappa shape index (κ1) is 38.1. The molecule has 1 fully saturated rings. The number of aromatic nitrogens is 3. The van der Waals surface area contributed by atoms with Crippen molar-refractivity contribution in [3.63, 3.8) is 0 Å². The number of aliphatic hydroxyl groups is 1. The maximum atomic E-state index is 15.4. The van der Waals surface area contributed by atoms with Gasteiger partial charge in [0.2, 0.25) is 11.8 Å². The standard InChI is InChI=1S/C45H48N6O6Si/c1-29-43(58(2,3)56)40(22-24-48-28-33(23-25-52)46-47-48)57-45(29)36-26-35(51-38-11-7-5-9-32(38)15-21-42(51)54)18-19-39(36)49(44(45)55)27-30-12-16-34(17-13-30)50-37-10-6-4-8-31(37)14-20-41(50)53/h4-13,16-19,26,28-29,40,43,52,56H,14-15,20-25,27H2,1-3H3/t29-,40+,43-,45+/m0/s1. The van der Waals surface area contributed by atoms with Crippen LogP contribution in [0.2, 0.25) is 18.6 Å². The summed E-state index contributed by atoms with van der Waals surface area (Å²) < 4.78 is 8.88. The number of hydrogen-bond acceptors (Lipinski definition) is 8. The van der Waals surface area contributed by atoms with Crippen molar-refractivity contribution in [2.75, 3.05) is 21.3 Å². The van der Waals surface area contributed by atoms with Crippen LogP contribution in [-0.2, 0) is 57.1 Å². The first-order chi connectivity index (χ1) is 28.0. The summed E-state index contributed by atoms with van der Waals surface area (Å²) in [5.74, 6) is -0.590. The highest BCUT2D eigenvalue weighted by atomic mass is 28.4. The summed E-state index contributed by atoms with van der Waals surface area (Å²) in [5.41, 5.74) is 6.58. The van der Waals surface area contributed by atoms with Gasteiger partial charge in [-0.15, -0.1) is 5.10 Å². The van der Waals surface area contributed by atoms with Crippen molar-refractivity contribution in [1.82, 2.24) is 15.0 Å². The van der Waals surface area contributed by atoms with E-state index in [2.05, 4.69) is 16.4 Å². The molecule has 0 bridgehead atoms. The lowest BCUT2D eigenvalue weighted by Crippen LogP contribution is -2.46. The molecule has 58 heavy (non-hydrogen) atoms. The number of rotatable bonds is 10. The summed E-state index contributed by atoms with van der Waals surface area (Å²) in [7, 11) is -2.97. The van der Waals surface area contributed by atoms with Crippen LogP contribution in [0.3, 0.4) is 0 Å². The number of carbonyl (C=O) groups is 3. The molecular formula is C45H48N6O6Si. The van der Waals surface area contributed by atoms with E-state index in [1.165, 1.54) is 0 Å². The van der Waals surface area contributed by atoms with Gasteiger partial charge in [-0.3, -0.25) is 28.9 Å². The van der Waals surface area contributed by atoms with E-state index in [1.54, 1.807) is 19.4 Å². The maximum absolute atomic E-state index is 15.4. The van der Waals surface area contributed by atoms with Crippen LogP contribution < -0.4 is 14.7 Å². The topological polar surface area (TPSA) is 141 Å². The van der Waals surface area contributed by atoms with Crippen LogP contribution in [0, 0.1) is 5.92 Å². The van der Waals surface area contributed by atoms with E-state index >= 15 is 4.79 Å². The molecule has 0 radical (unpaired) electrons. The minimum absolute atomic E-state index is 0.0165. The first-order valence-corrected chi connectivity index (χ1v) is 23.3. The minimum atomic E-state index is -2.97. The second-order valence-electron chi connectivity index (χ2n) is 16.6. The number of ether oxygens (including phenoxy) is 1. The molecule has 5 aromatic rings. The van der Waals surface area contributed by atoms with E-state index in [1.807, 2.05) is 111 Å². The Kier molecular flexibility index (Phi) is 9.66. The number of anilines is 5. The summed E-state index contributed by atoms with van der Waals surface area (Å²) in [6, 6.07) is 29.5. The minimum Gasteiger partial charge on any atom is -0.432 e. The van der Waals surface area contributed by atoms with Crippen LogP contribution in [-0.4, -0.2) is 63.6 Å². The normalized spacial score (nSPS) is 22.8. The van der Waals surface area contributed by atoms with Gasteiger partial charge in [0.05, 0.1) is 35.4 Å². The molecule has 298 valence electrons. The van der Waals surface area contributed by atoms with Crippen molar-refractivity contribution in [1.29, 1.82) is 0 Å². The van der Waals surface area contributed by atoms with Crippen LogP contribution in [0.25, 0.3) is 0 Å². The Morgan fingerprint density at radius 2 is 1.43 bits per heavy atom. The second kappa shape index (κ2) is 14.7. The van der Waals surface area contributed by atoms with Gasteiger partial charge in [-0.05, 0) is 91.5 Å². The molecule has 4 atom stereocenters. The van der Waals surface area contributed by atoms with Crippen LogP contribution in [0.1, 0.15) is 54.1 Å². The third-order valence-electron chi connectivity index (χ3n) is 12.5. The zero-order valence-electron chi connectivity index (χ0n) is 33.0. The molecule has 12 nitrogen and oxygen atoms in total. The number of fused-ring (bicyclic) bond motifs is 4. The van der Waals surface area contributed by atoms with Gasteiger partial charge in [-0.25, -0.2) is 0 Å². The molecule has 13 heteroatoms. The Labute approximate surface area is 338 Å². The Bertz CT molecular complexity index is 2410. The second-order valence-corrected chi connectivity index (χ2v) is 20.5. The molecule has 4 aliphatic heterocycles. The van der Waals surface area contributed by atoms with Gasteiger partial charge in [0.1, 0.15) is 0 Å². The Morgan fingerprint density at radius 3 is 2.07 bits per heavy atom. The Hall–Kier alpha value is -5.47. The van der Waals surface area contributed by atoms with Gasteiger partial charge in [-0.1, -0.05) is 60.7 Å². The SMILES string of the molecule is C[C@H]1[C@H]([Si](C)(C)O)[C@@H](CCn2cc(CCO)nn2)O[C@]12C(=O)N(Cc1ccc(N3C(=O)CCc4ccccc43)cc1)c1ccc(N3C(=O)CCc4ccccc43)cc12. The van der Waals surface area contributed by atoms with E-state index in [4.69, 9.17) is 4.74 Å². The fraction of sp³-hybridized carbons (Fsp3) is 0.356. The zero-order valence-corrected chi connectivity index (χ0v) is 34.0. The molecule has 4 aliphatic rings. The van der Waals surface area contributed by atoms with Crippen molar-refractivity contribution in [2.24, 2.45) is 5.92 Å². The van der Waals surface area contributed by atoms with Crippen molar-refractivity contribution >= 4 is 54.5 Å². The average Bonchev–Trinajstić information content (AvgIpc) is 3.86. The monoisotopic (exact) mass is 796 g/mol. The molecule has 5 heterocycles. The Morgan fingerprint density at radius 1 is 0.810 bits per heavy atom. The smallest absolute Gasteiger partial charge is 0.264 e. The number of carbonyl (C=O) groups excluding carboxylic acids is 3.